The van der Waals surface area contributed by atoms with Crippen LogP contribution in [-0.4, -0.2) is 36.0 Å². The van der Waals surface area contributed by atoms with Gasteiger partial charge in [0.15, 0.2) is 0 Å². The quantitative estimate of drug-likeness (QED) is 0.287. The fraction of sp³-hybridized carbons (Fsp3) is 0.556. The van der Waals surface area contributed by atoms with Crippen LogP contribution in [0.4, 0.5) is 0 Å². The molecule has 7 nitrogen and oxygen atoms in total. The fourth-order valence-corrected chi connectivity index (χ4v) is 1.21. The highest BCUT2D eigenvalue weighted by Gasteiger charge is 2.14. The monoisotopic (exact) mass is 228 g/mol. The molecule has 1 aromatic rings. The number of nitrogens with zero attached hydrogens (tertiary/aromatic N) is 2. The first-order chi connectivity index (χ1) is 7.70. The lowest BCUT2D eigenvalue weighted by molar-refractivity contribution is 0.0582. The highest BCUT2D eigenvalue weighted by molar-refractivity contribution is 5.94. The van der Waals surface area contributed by atoms with Crippen LogP contribution in [0.5, 0.6) is 0 Å². The third kappa shape index (κ3) is 3.02. The van der Waals surface area contributed by atoms with Gasteiger partial charge in [-0.3, -0.25) is 14.9 Å². The van der Waals surface area contributed by atoms with Gasteiger partial charge in [0, 0.05) is 14.2 Å². The van der Waals surface area contributed by atoms with Gasteiger partial charge in [-0.05, 0) is 0 Å². The van der Waals surface area contributed by atoms with Gasteiger partial charge < -0.3 is 9.47 Å². The Hall–Kier alpha value is -1.44. The molecule has 16 heavy (non-hydrogen) atoms. The minimum absolute atomic E-state index is 0.294. The molecule has 0 aliphatic carbocycles. The van der Waals surface area contributed by atoms with Crippen LogP contribution in [0.2, 0.25) is 0 Å². The maximum Gasteiger partial charge on any atom is 0.268 e. The zero-order valence-electron chi connectivity index (χ0n) is 9.40. The van der Waals surface area contributed by atoms with Crippen molar-refractivity contribution < 1.29 is 14.3 Å². The summed E-state index contributed by atoms with van der Waals surface area (Å²) in [5, 5.41) is 3.97. The van der Waals surface area contributed by atoms with Crippen molar-refractivity contribution in [2.24, 2.45) is 12.9 Å². The molecule has 0 aliphatic heterocycles. The summed E-state index contributed by atoms with van der Waals surface area (Å²) >= 11 is 0. The molecule has 0 aromatic carbocycles. The Morgan fingerprint density at radius 3 is 3.00 bits per heavy atom. The molecular weight excluding hydrogens is 212 g/mol. The van der Waals surface area contributed by atoms with Gasteiger partial charge in [0.05, 0.1) is 37.3 Å². The van der Waals surface area contributed by atoms with Crippen LogP contribution in [0.15, 0.2) is 6.20 Å². The first-order valence-corrected chi connectivity index (χ1v) is 4.79. The topological polar surface area (TPSA) is 91.4 Å². The highest BCUT2D eigenvalue weighted by atomic mass is 16.5. The molecule has 0 saturated carbocycles. The van der Waals surface area contributed by atoms with Gasteiger partial charge in [-0.1, -0.05) is 0 Å². The number of amides is 1. The van der Waals surface area contributed by atoms with Crippen molar-refractivity contribution in [2.45, 2.75) is 6.61 Å². The molecular formula is C9H16N4O3. The van der Waals surface area contributed by atoms with Gasteiger partial charge in [0.25, 0.3) is 5.91 Å². The molecule has 0 spiro atoms. The van der Waals surface area contributed by atoms with Crippen LogP contribution in [0.3, 0.4) is 0 Å². The Morgan fingerprint density at radius 2 is 2.38 bits per heavy atom. The number of aromatic nitrogens is 2. The molecule has 0 aliphatic rings. The number of carbonyl (C=O) groups is 1. The van der Waals surface area contributed by atoms with E-state index in [9.17, 15) is 4.79 Å². The minimum Gasteiger partial charge on any atom is -0.382 e. The van der Waals surface area contributed by atoms with E-state index in [0.717, 1.165) is 0 Å². The smallest absolute Gasteiger partial charge is 0.268 e. The standard InChI is InChI=1S/C9H16N4O3/c1-13-8(6-16-4-3-15-2)7(5-11-13)9(14)12-10/h5H,3-4,6,10H2,1-2H3,(H,12,14). The summed E-state index contributed by atoms with van der Waals surface area (Å²) in [5.74, 6) is 4.68. The van der Waals surface area contributed by atoms with Gasteiger partial charge in [0.1, 0.15) is 0 Å². The maximum absolute atomic E-state index is 11.4. The summed E-state index contributed by atoms with van der Waals surface area (Å²) in [7, 11) is 3.34. The SMILES string of the molecule is COCCOCc1c(C(=O)NN)cnn1C. The lowest BCUT2D eigenvalue weighted by Gasteiger charge is -2.06. The Labute approximate surface area is 93.5 Å². The molecule has 0 fully saturated rings. The molecule has 0 saturated heterocycles. The van der Waals surface area contributed by atoms with E-state index < -0.39 is 0 Å². The number of hydrogen-bond donors (Lipinski definition) is 2. The second-order valence-electron chi connectivity index (χ2n) is 3.15. The number of nitrogens with two attached hydrogens (primary N) is 1. The highest BCUT2D eigenvalue weighted by Crippen LogP contribution is 2.08. The number of methoxy groups -OCH3 is 1. The minimum atomic E-state index is -0.376. The van der Waals surface area contributed by atoms with E-state index in [-0.39, 0.29) is 5.91 Å². The van der Waals surface area contributed by atoms with Crippen molar-refractivity contribution in [3.05, 3.63) is 17.5 Å². The first-order valence-electron chi connectivity index (χ1n) is 4.79. The normalized spacial score (nSPS) is 10.4. The number of nitrogens with one attached hydrogen (secondary N) is 1. The van der Waals surface area contributed by atoms with Crippen molar-refractivity contribution in [3.8, 4) is 0 Å². The maximum atomic E-state index is 11.4. The third-order valence-corrected chi connectivity index (χ3v) is 2.11. The van der Waals surface area contributed by atoms with E-state index in [2.05, 4.69) is 10.5 Å². The first kappa shape index (κ1) is 12.6. The predicted octanol–water partition coefficient (Wildman–Crippen LogP) is -0.813. The zero-order valence-corrected chi connectivity index (χ0v) is 9.40. The van der Waals surface area contributed by atoms with Gasteiger partial charge >= 0.3 is 0 Å². The van der Waals surface area contributed by atoms with Crippen LogP contribution in [0.25, 0.3) is 0 Å². The van der Waals surface area contributed by atoms with Crippen molar-refractivity contribution in [1.29, 1.82) is 0 Å². The zero-order chi connectivity index (χ0) is 12.0. The summed E-state index contributed by atoms with van der Waals surface area (Å²) in [6, 6.07) is 0. The van der Waals surface area contributed by atoms with Crippen LogP contribution in [0.1, 0.15) is 16.1 Å². The molecule has 3 N–H and O–H groups in total. The van der Waals surface area contributed by atoms with E-state index >= 15 is 0 Å². The molecule has 0 unspecified atom stereocenters. The average molecular weight is 228 g/mol. The second-order valence-corrected chi connectivity index (χ2v) is 3.15. The van der Waals surface area contributed by atoms with Gasteiger partial charge in [0.2, 0.25) is 0 Å². The second kappa shape index (κ2) is 6.21. The largest absolute Gasteiger partial charge is 0.382 e. The lowest BCUT2D eigenvalue weighted by Crippen LogP contribution is -2.30. The summed E-state index contributed by atoms with van der Waals surface area (Å²) in [4.78, 5) is 11.4. The molecule has 90 valence electrons. The molecule has 0 atom stereocenters. The molecule has 1 aromatic heterocycles. The van der Waals surface area contributed by atoms with Crippen LogP contribution < -0.4 is 11.3 Å². The predicted molar refractivity (Wildman–Crippen MR) is 56.4 cm³/mol. The van der Waals surface area contributed by atoms with Crippen molar-refractivity contribution >= 4 is 5.91 Å². The molecule has 1 amide bonds. The summed E-state index contributed by atoms with van der Waals surface area (Å²) in [6.45, 7) is 1.27. The average Bonchev–Trinajstić information content (AvgIpc) is 2.65. The van der Waals surface area contributed by atoms with E-state index in [1.54, 1.807) is 18.8 Å². The summed E-state index contributed by atoms with van der Waals surface area (Å²) in [5.41, 5.74) is 3.16. The molecule has 7 heteroatoms. The number of nitrogen functional groups attached to an aromatic ring is 1. The fourth-order valence-electron chi connectivity index (χ4n) is 1.21. The molecule has 1 heterocycles. The van der Waals surface area contributed by atoms with E-state index in [0.29, 0.717) is 31.1 Å². The van der Waals surface area contributed by atoms with Crippen LogP contribution in [-0.2, 0) is 23.1 Å². The molecule has 0 radical (unpaired) electrons. The summed E-state index contributed by atoms with van der Waals surface area (Å²) in [6.07, 6.45) is 1.46. The van der Waals surface area contributed by atoms with Gasteiger partial charge in [-0.2, -0.15) is 5.10 Å². The van der Waals surface area contributed by atoms with E-state index in [1.165, 1.54) is 6.20 Å². The Kier molecular flexibility index (Phi) is 4.90. The number of rotatable bonds is 6. The van der Waals surface area contributed by atoms with Crippen molar-refractivity contribution in [1.82, 2.24) is 15.2 Å². The third-order valence-electron chi connectivity index (χ3n) is 2.11. The Morgan fingerprint density at radius 1 is 1.62 bits per heavy atom. The molecule has 0 bridgehead atoms. The Bertz CT molecular complexity index is 351. The van der Waals surface area contributed by atoms with Crippen molar-refractivity contribution in [2.75, 3.05) is 20.3 Å². The number of hydrazine groups is 1. The van der Waals surface area contributed by atoms with Gasteiger partial charge in [-0.15, -0.1) is 0 Å². The number of aryl methyl sites for hydroxylation is 1. The summed E-state index contributed by atoms with van der Waals surface area (Å²) < 4.78 is 11.8. The van der Waals surface area contributed by atoms with Crippen molar-refractivity contribution in [3.63, 3.8) is 0 Å². The van der Waals surface area contributed by atoms with E-state index in [1.807, 2.05) is 0 Å². The van der Waals surface area contributed by atoms with Crippen LogP contribution >= 0.6 is 0 Å². The van der Waals surface area contributed by atoms with Gasteiger partial charge in [-0.25, -0.2) is 5.84 Å². The van der Waals surface area contributed by atoms with E-state index in [4.69, 9.17) is 15.3 Å². The lowest BCUT2D eigenvalue weighted by atomic mass is 10.2. The number of ether oxygens (including phenoxy) is 2. The molecule has 1 rings (SSSR count). The number of carbonyl (C=O) groups excluding carboxylic acids is 1. The Balaban J connectivity index is 2.63. The number of hydrogen-bond acceptors (Lipinski definition) is 5. The van der Waals surface area contributed by atoms with Crippen LogP contribution in [0, 0.1) is 0 Å².